The second-order valence-electron chi connectivity index (χ2n) is 8.86. The van der Waals surface area contributed by atoms with Crippen molar-refractivity contribution in [3.05, 3.63) is 66.4 Å². The van der Waals surface area contributed by atoms with E-state index in [4.69, 9.17) is 9.97 Å². The summed E-state index contributed by atoms with van der Waals surface area (Å²) in [4.78, 5) is 28.6. The quantitative estimate of drug-likeness (QED) is 0.438. The Morgan fingerprint density at radius 1 is 0.912 bits per heavy atom. The molecule has 5 rings (SSSR count). The van der Waals surface area contributed by atoms with Gasteiger partial charge in [0.05, 0.1) is 11.0 Å². The number of amides is 1. The molecule has 1 amide bonds. The third-order valence-electron chi connectivity index (χ3n) is 6.27. The highest BCUT2D eigenvalue weighted by Crippen LogP contribution is 2.26. The first kappa shape index (κ1) is 23.4. The number of pyridine rings is 1. The van der Waals surface area contributed by atoms with Gasteiger partial charge in [-0.1, -0.05) is 25.6 Å². The van der Waals surface area contributed by atoms with E-state index in [1.165, 1.54) is 0 Å². The van der Waals surface area contributed by atoms with Crippen LogP contribution in [0.1, 0.15) is 43.5 Å². The van der Waals surface area contributed by atoms with Crippen molar-refractivity contribution in [2.75, 3.05) is 24.3 Å². The van der Waals surface area contributed by atoms with Crippen LogP contribution in [0, 0.1) is 0 Å². The van der Waals surface area contributed by atoms with E-state index >= 15 is 0 Å². The molecule has 7 heteroatoms. The highest BCUT2D eigenvalue weighted by molar-refractivity contribution is 5.98. The van der Waals surface area contributed by atoms with E-state index in [0.29, 0.717) is 17.6 Å². The highest BCUT2D eigenvalue weighted by atomic mass is 16.1. The molecular weight excluding hydrogens is 424 g/mol. The van der Waals surface area contributed by atoms with E-state index in [1.54, 1.807) is 6.20 Å². The molecule has 2 aromatic carbocycles. The smallest absolute Gasteiger partial charge is 0.251 e. The Morgan fingerprint density at radius 3 is 2.47 bits per heavy atom. The van der Waals surface area contributed by atoms with E-state index in [1.807, 2.05) is 73.6 Å². The number of hydrogen-bond donors (Lipinski definition) is 2. The molecule has 34 heavy (non-hydrogen) atoms. The van der Waals surface area contributed by atoms with E-state index in [-0.39, 0.29) is 19.4 Å². The summed E-state index contributed by atoms with van der Waals surface area (Å²) in [5.74, 6) is 1.55. The highest BCUT2D eigenvalue weighted by Gasteiger charge is 2.24. The largest absolute Gasteiger partial charge is 0.362 e. The van der Waals surface area contributed by atoms with Gasteiger partial charge in [-0.3, -0.25) is 9.78 Å². The summed E-state index contributed by atoms with van der Waals surface area (Å²) in [5, 5.41) is 8.76. The van der Waals surface area contributed by atoms with Crippen molar-refractivity contribution < 1.29 is 4.79 Å². The molecule has 0 saturated heterocycles. The van der Waals surface area contributed by atoms with Crippen LogP contribution in [-0.2, 0) is 0 Å². The second-order valence-corrected chi connectivity index (χ2v) is 8.86. The summed E-state index contributed by atoms with van der Waals surface area (Å²) in [6, 6.07) is 18.1. The van der Waals surface area contributed by atoms with Crippen LogP contribution in [-0.4, -0.2) is 47.0 Å². The molecule has 176 valence electrons. The van der Waals surface area contributed by atoms with Crippen LogP contribution in [0.5, 0.6) is 0 Å². The zero-order chi connectivity index (χ0) is 22.8. The summed E-state index contributed by atoms with van der Waals surface area (Å²) in [7, 11) is 4.00. The molecule has 1 saturated carbocycles. The molecule has 1 fully saturated rings. The lowest BCUT2D eigenvalue weighted by Gasteiger charge is -2.30. The molecule has 4 aromatic rings. The molecule has 7 nitrogen and oxygen atoms in total. The van der Waals surface area contributed by atoms with Crippen LogP contribution in [0.2, 0.25) is 0 Å². The number of para-hydroxylation sites is 1. The minimum absolute atomic E-state index is 0. The molecule has 0 radical (unpaired) electrons. The van der Waals surface area contributed by atoms with Gasteiger partial charge in [0.1, 0.15) is 5.82 Å². The Balaban J connectivity index is 0.00000274. The summed E-state index contributed by atoms with van der Waals surface area (Å²) in [6.45, 7) is 0. The lowest BCUT2D eigenvalue weighted by molar-refractivity contribution is 0.0926. The first-order chi connectivity index (χ1) is 16.1. The predicted octanol–water partition coefficient (Wildman–Crippen LogP) is 5.03. The number of carbonyl (C=O) groups excluding carboxylic acids is 1. The minimum atomic E-state index is -0.0225. The first-order valence-corrected chi connectivity index (χ1v) is 11.4. The number of benzene rings is 2. The van der Waals surface area contributed by atoms with Gasteiger partial charge >= 0.3 is 0 Å². The third-order valence-corrected chi connectivity index (χ3v) is 6.27. The fourth-order valence-corrected chi connectivity index (χ4v) is 4.52. The van der Waals surface area contributed by atoms with Crippen molar-refractivity contribution in [2.24, 2.45) is 0 Å². The van der Waals surface area contributed by atoms with Crippen molar-refractivity contribution >= 4 is 39.5 Å². The number of anilines is 2. The standard InChI is InChI=1S/C26H28N6O.CH4/c1-32(2)24-21-7-3-4-8-23(21)30-26(31-24)29-20-12-10-19(11-13-20)28-25(33)18-9-14-22-17(16-18)6-5-15-27-22;/h3-9,14-16,19-20H,10-13H2,1-2H3,(H,28,33)(H,29,30,31);1H4. The van der Waals surface area contributed by atoms with E-state index in [9.17, 15) is 4.79 Å². The molecule has 0 spiro atoms. The third kappa shape index (κ3) is 4.93. The lowest BCUT2D eigenvalue weighted by atomic mass is 9.91. The number of hydrogen-bond acceptors (Lipinski definition) is 6. The SMILES string of the molecule is C.CN(C)c1nc(NC2CCC(NC(=O)c3ccc4ncccc4c3)CC2)nc2ccccc12. The van der Waals surface area contributed by atoms with Crippen LogP contribution in [0.15, 0.2) is 60.8 Å². The first-order valence-electron chi connectivity index (χ1n) is 11.4. The maximum Gasteiger partial charge on any atom is 0.251 e. The molecule has 2 heterocycles. The van der Waals surface area contributed by atoms with Crippen LogP contribution in [0.25, 0.3) is 21.8 Å². The van der Waals surface area contributed by atoms with Crippen LogP contribution in [0.4, 0.5) is 11.8 Å². The van der Waals surface area contributed by atoms with Crippen molar-refractivity contribution in [3.8, 4) is 0 Å². The second kappa shape index (κ2) is 10.0. The Kier molecular flexibility index (Phi) is 6.91. The van der Waals surface area contributed by atoms with Crippen LogP contribution in [0.3, 0.4) is 0 Å². The fourth-order valence-electron chi connectivity index (χ4n) is 4.52. The maximum atomic E-state index is 12.8. The number of aromatic nitrogens is 3. The maximum absolute atomic E-state index is 12.8. The van der Waals surface area contributed by atoms with Gasteiger partial charge < -0.3 is 15.5 Å². The molecule has 0 aliphatic heterocycles. The lowest BCUT2D eigenvalue weighted by Crippen LogP contribution is -2.40. The molecule has 1 aliphatic rings. The predicted molar refractivity (Wildman–Crippen MR) is 139 cm³/mol. The van der Waals surface area contributed by atoms with Gasteiger partial charge in [0, 0.05) is 48.7 Å². The summed E-state index contributed by atoms with van der Waals surface area (Å²) < 4.78 is 0. The van der Waals surface area contributed by atoms with Gasteiger partial charge in [-0.15, -0.1) is 0 Å². The topological polar surface area (TPSA) is 83.0 Å². The molecule has 0 atom stereocenters. The van der Waals surface area contributed by atoms with Gasteiger partial charge in [0.2, 0.25) is 5.95 Å². The van der Waals surface area contributed by atoms with Crippen molar-refractivity contribution in [3.63, 3.8) is 0 Å². The Labute approximate surface area is 200 Å². The number of carbonyl (C=O) groups is 1. The molecule has 2 aromatic heterocycles. The monoisotopic (exact) mass is 456 g/mol. The van der Waals surface area contributed by atoms with E-state index in [2.05, 4.69) is 15.6 Å². The van der Waals surface area contributed by atoms with Gasteiger partial charge in [-0.25, -0.2) is 4.98 Å². The Morgan fingerprint density at radius 2 is 1.68 bits per heavy atom. The van der Waals surface area contributed by atoms with Gasteiger partial charge in [0.25, 0.3) is 5.91 Å². The van der Waals surface area contributed by atoms with Gasteiger partial charge in [-0.05, 0) is 62.1 Å². The number of nitrogens with zero attached hydrogens (tertiary/aromatic N) is 4. The van der Waals surface area contributed by atoms with E-state index in [0.717, 1.165) is 53.3 Å². The van der Waals surface area contributed by atoms with Crippen molar-refractivity contribution in [1.82, 2.24) is 20.3 Å². The average Bonchev–Trinajstić information content (AvgIpc) is 2.84. The molecular formula is C27H32N6O. The normalized spacial score (nSPS) is 17.7. The molecule has 0 bridgehead atoms. The van der Waals surface area contributed by atoms with Crippen molar-refractivity contribution in [2.45, 2.75) is 45.2 Å². The Hall–Kier alpha value is -3.74. The summed E-state index contributed by atoms with van der Waals surface area (Å²) in [5.41, 5.74) is 2.51. The average molecular weight is 457 g/mol. The van der Waals surface area contributed by atoms with Crippen LogP contribution >= 0.6 is 0 Å². The van der Waals surface area contributed by atoms with Gasteiger partial charge in [-0.2, -0.15) is 4.98 Å². The molecule has 1 aliphatic carbocycles. The number of rotatable bonds is 5. The zero-order valence-corrected chi connectivity index (χ0v) is 19.0. The number of nitrogens with one attached hydrogen (secondary N) is 2. The summed E-state index contributed by atoms with van der Waals surface area (Å²) in [6.07, 6.45) is 5.53. The molecule has 0 unspecified atom stereocenters. The zero-order valence-electron chi connectivity index (χ0n) is 19.0. The fraction of sp³-hybridized carbons (Fsp3) is 0.333. The summed E-state index contributed by atoms with van der Waals surface area (Å²) >= 11 is 0. The minimum Gasteiger partial charge on any atom is -0.362 e. The Bertz CT molecular complexity index is 1300. The van der Waals surface area contributed by atoms with Crippen LogP contribution < -0.4 is 15.5 Å². The molecule has 2 N–H and O–H groups in total. The number of fused-ring (bicyclic) bond motifs is 2. The van der Waals surface area contributed by atoms with E-state index < -0.39 is 0 Å². The van der Waals surface area contributed by atoms with Gasteiger partial charge in [0.15, 0.2) is 0 Å². The van der Waals surface area contributed by atoms with Crippen molar-refractivity contribution in [1.29, 1.82) is 0 Å².